The van der Waals surface area contributed by atoms with Gasteiger partial charge < -0.3 is 11.2 Å². The Morgan fingerprint density at radius 2 is 2.00 bits per heavy atom. The van der Waals surface area contributed by atoms with Crippen LogP contribution >= 0.6 is 7.60 Å². The minimum Gasteiger partial charge on any atom is -1.00 e. The van der Waals surface area contributed by atoms with Crippen LogP contribution < -0.4 is 29.6 Å². The van der Waals surface area contributed by atoms with E-state index in [9.17, 15) is 9.36 Å². The first-order chi connectivity index (χ1) is 5.39. The third-order valence-corrected chi connectivity index (χ3v) is 3.14. The fraction of sp³-hybridized carbons (Fsp3) is 0.857. The molecule has 0 bridgehead atoms. The van der Waals surface area contributed by atoms with Crippen LogP contribution in [0, 0.1) is 0 Å². The Bertz CT molecular complexity index is 206. The minimum absolute atomic E-state index is 0. The van der Waals surface area contributed by atoms with Gasteiger partial charge in [-0.2, -0.15) is 0 Å². The van der Waals surface area contributed by atoms with Crippen molar-refractivity contribution in [3.8, 4) is 0 Å². The average Bonchev–Trinajstić information content (AvgIpc) is 1.84. The quantitative estimate of drug-likeness (QED) is 0.432. The predicted octanol–water partition coefficient (Wildman–Crippen LogP) is -1.57. The molecule has 0 aliphatic rings. The molecule has 1 atom stereocenters. The molecule has 0 aromatic heterocycles. The molecule has 13 heavy (non-hydrogen) atoms. The van der Waals surface area contributed by atoms with E-state index in [2.05, 4.69) is 0 Å². The maximum Gasteiger partial charge on any atom is 1.00 e. The summed E-state index contributed by atoms with van der Waals surface area (Å²) in [6, 6.07) is 0. The van der Waals surface area contributed by atoms with Gasteiger partial charge in [0.1, 0.15) is 11.4 Å². The molecule has 0 amide bonds. The number of carbonyl (C=O) groups excluding carboxylic acids is 1. The number of ketones is 1. The number of hydrogen-bond donors (Lipinski definition) is 2. The van der Waals surface area contributed by atoms with Crippen LogP contribution in [-0.4, -0.2) is 21.2 Å². The molecule has 74 valence electrons. The molecule has 0 aromatic carbocycles. The van der Waals surface area contributed by atoms with Crippen molar-refractivity contribution in [3.05, 3.63) is 0 Å². The van der Waals surface area contributed by atoms with Gasteiger partial charge in [0.05, 0.1) is 0 Å². The third kappa shape index (κ3) is 6.83. The van der Waals surface area contributed by atoms with Crippen molar-refractivity contribution in [1.29, 1.82) is 0 Å². The van der Waals surface area contributed by atoms with E-state index in [1.807, 2.05) is 6.92 Å². The first kappa shape index (κ1) is 16.3. The average molecular weight is 218 g/mol. The Morgan fingerprint density at radius 3 is 2.23 bits per heavy atom. The molecule has 6 heteroatoms. The van der Waals surface area contributed by atoms with Crippen molar-refractivity contribution in [1.82, 2.24) is 0 Å². The topological polar surface area (TPSA) is 74.6 Å². The van der Waals surface area contributed by atoms with Crippen LogP contribution in [0.1, 0.15) is 34.5 Å². The van der Waals surface area contributed by atoms with Gasteiger partial charge in [0.2, 0.25) is 0 Å². The van der Waals surface area contributed by atoms with Crippen LogP contribution in [0.2, 0.25) is 0 Å². The Balaban J connectivity index is -0.000000605. The fourth-order valence-corrected chi connectivity index (χ4v) is 2.00. The molecule has 0 aliphatic heterocycles. The zero-order chi connectivity index (χ0) is 9.78. The van der Waals surface area contributed by atoms with Gasteiger partial charge in [0.25, 0.3) is 0 Å². The molecule has 0 heterocycles. The standard InChI is InChI=1S/C7H15O4P.Na.H/c1-3-4-5-7(6(2)8)12(9,10)11;;/h7H,3-5H2,1-2H3,(H2,9,10,11);;/q;+1;-1. The molecular weight excluding hydrogens is 202 g/mol. The van der Waals surface area contributed by atoms with E-state index in [0.717, 1.165) is 6.42 Å². The molecule has 1 unspecified atom stereocenters. The monoisotopic (exact) mass is 218 g/mol. The van der Waals surface area contributed by atoms with Gasteiger partial charge in [0, 0.05) is 0 Å². The summed E-state index contributed by atoms with van der Waals surface area (Å²) in [6.07, 6.45) is 1.80. The molecule has 4 nitrogen and oxygen atoms in total. The van der Waals surface area contributed by atoms with E-state index in [4.69, 9.17) is 9.79 Å². The number of unbranched alkanes of at least 4 members (excludes halogenated alkanes) is 1. The first-order valence-corrected chi connectivity index (χ1v) is 5.63. The number of Topliss-reactive ketones (excluding diaryl/α,β-unsaturated/α-hetero) is 1. The molecule has 2 N–H and O–H groups in total. The summed E-state index contributed by atoms with van der Waals surface area (Å²) in [5.41, 5.74) is -1.09. The van der Waals surface area contributed by atoms with Crippen LogP contribution in [0.15, 0.2) is 0 Å². The van der Waals surface area contributed by atoms with Crippen molar-refractivity contribution >= 4 is 13.4 Å². The zero-order valence-corrected chi connectivity index (χ0v) is 11.3. The van der Waals surface area contributed by atoms with Gasteiger partial charge in [0.15, 0.2) is 0 Å². The third-order valence-electron chi connectivity index (χ3n) is 1.71. The summed E-state index contributed by atoms with van der Waals surface area (Å²) >= 11 is 0. The van der Waals surface area contributed by atoms with E-state index in [1.54, 1.807) is 0 Å². The van der Waals surface area contributed by atoms with Crippen LogP contribution in [0.4, 0.5) is 0 Å². The molecule has 0 saturated heterocycles. The maximum absolute atomic E-state index is 10.8. The molecule has 0 radical (unpaired) electrons. The van der Waals surface area contributed by atoms with E-state index in [1.165, 1.54) is 6.92 Å². The van der Waals surface area contributed by atoms with Gasteiger partial charge in [-0.25, -0.2) is 0 Å². The maximum atomic E-state index is 10.8. The number of rotatable bonds is 5. The predicted molar refractivity (Wildman–Crippen MR) is 47.2 cm³/mol. The largest absolute Gasteiger partial charge is 1.00 e. The van der Waals surface area contributed by atoms with E-state index in [0.29, 0.717) is 6.42 Å². The molecule has 0 aliphatic carbocycles. The van der Waals surface area contributed by atoms with Crippen molar-refractivity contribution in [2.45, 2.75) is 38.8 Å². The Labute approximate surface area is 102 Å². The summed E-state index contributed by atoms with van der Waals surface area (Å²) in [6.45, 7) is 3.14. The smallest absolute Gasteiger partial charge is 1.00 e. The fourth-order valence-electron chi connectivity index (χ4n) is 1.01. The normalized spacial score (nSPS) is 13.2. The summed E-state index contributed by atoms with van der Waals surface area (Å²) < 4.78 is 10.8. The summed E-state index contributed by atoms with van der Waals surface area (Å²) in [7, 11) is -4.21. The molecular formula is C7H16NaO4P. The van der Waals surface area contributed by atoms with Crippen LogP contribution in [0.5, 0.6) is 0 Å². The second kappa shape index (κ2) is 7.16. The SMILES string of the molecule is CCCCC(C(C)=O)P(=O)(O)O.[H-].[Na+]. The van der Waals surface area contributed by atoms with Crippen LogP contribution in [0.25, 0.3) is 0 Å². The Hall–Kier alpha value is 0.820. The van der Waals surface area contributed by atoms with Gasteiger partial charge in [-0.15, -0.1) is 0 Å². The number of carbonyl (C=O) groups is 1. The van der Waals surface area contributed by atoms with Crippen molar-refractivity contribution in [2.75, 3.05) is 0 Å². The molecule has 0 spiro atoms. The second-order valence-corrected chi connectivity index (χ2v) is 4.66. The molecule has 0 rings (SSSR count). The minimum atomic E-state index is -4.21. The van der Waals surface area contributed by atoms with E-state index < -0.39 is 19.0 Å². The van der Waals surface area contributed by atoms with Crippen LogP contribution in [0.3, 0.4) is 0 Å². The first-order valence-electron chi connectivity index (χ1n) is 3.95. The summed E-state index contributed by atoms with van der Waals surface area (Å²) in [5, 5.41) is 0. The van der Waals surface area contributed by atoms with Gasteiger partial charge in [-0.3, -0.25) is 9.36 Å². The van der Waals surface area contributed by atoms with E-state index >= 15 is 0 Å². The summed E-state index contributed by atoms with van der Waals surface area (Å²) in [4.78, 5) is 28.3. The van der Waals surface area contributed by atoms with Gasteiger partial charge in [-0.1, -0.05) is 19.8 Å². The second-order valence-electron chi connectivity index (χ2n) is 2.86. The van der Waals surface area contributed by atoms with E-state index in [-0.39, 0.29) is 37.4 Å². The van der Waals surface area contributed by atoms with Crippen molar-refractivity contribution in [2.24, 2.45) is 0 Å². The zero-order valence-electron chi connectivity index (χ0n) is 9.36. The molecule has 0 fully saturated rings. The Kier molecular flexibility index (Phi) is 8.95. The van der Waals surface area contributed by atoms with Gasteiger partial charge in [-0.05, 0) is 13.3 Å². The molecule has 0 saturated carbocycles. The summed E-state index contributed by atoms with van der Waals surface area (Å²) in [5.74, 6) is -0.420. The Morgan fingerprint density at radius 1 is 1.54 bits per heavy atom. The van der Waals surface area contributed by atoms with Gasteiger partial charge >= 0.3 is 37.2 Å². The number of hydrogen-bond acceptors (Lipinski definition) is 2. The van der Waals surface area contributed by atoms with Crippen molar-refractivity contribution in [3.63, 3.8) is 0 Å². The molecule has 0 aromatic rings. The van der Waals surface area contributed by atoms with Crippen LogP contribution in [-0.2, 0) is 9.36 Å². The van der Waals surface area contributed by atoms with Crippen molar-refractivity contribution < 1.29 is 50.1 Å².